The maximum atomic E-state index is 13.0. The molecule has 29 heavy (non-hydrogen) atoms. The Morgan fingerprint density at radius 3 is 2.34 bits per heavy atom. The second-order valence-electron chi connectivity index (χ2n) is 6.94. The van der Waals surface area contributed by atoms with E-state index in [1.54, 1.807) is 24.3 Å². The molecule has 2 aromatic carbocycles. The Bertz CT molecular complexity index is 1050. The smallest absolute Gasteiger partial charge is 0.255 e. The van der Waals surface area contributed by atoms with Crippen LogP contribution in [-0.4, -0.2) is 62.5 Å². The van der Waals surface area contributed by atoms with E-state index in [4.69, 9.17) is 11.6 Å². The predicted molar refractivity (Wildman–Crippen MR) is 112 cm³/mol. The van der Waals surface area contributed by atoms with Crippen molar-refractivity contribution in [3.63, 3.8) is 0 Å². The molecule has 1 saturated heterocycles. The molecule has 1 aliphatic heterocycles. The first-order valence-electron chi connectivity index (χ1n) is 9.09. The van der Waals surface area contributed by atoms with Crippen LogP contribution in [0.4, 0.5) is 5.69 Å². The van der Waals surface area contributed by atoms with Gasteiger partial charge in [0.25, 0.3) is 5.91 Å². The summed E-state index contributed by atoms with van der Waals surface area (Å²) in [6.07, 6.45) is 0. The van der Waals surface area contributed by atoms with Crippen LogP contribution in [0.5, 0.6) is 0 Å². The molecular formula is C20H22ClN3O4S. The molecule has 1 N–H and O–H groups in total. The van der Waals surface area contributed by atoms with Gasteiger partial charge in [-0.2, -0.15) is 4.31 Å². The van der Waals surface area contributed by atoms with Gasteiger partial charge in [0.1, 0.15) is 4.90 Å². The van der Waals surface area contributed by atoms with Gasteiger partial charge >= 0.3 is 0 Å². The molecule has 0 radical (unpaired) electrons. The fourth-order valence-electron chi connectivity index (χ4n) is 3.03. The van der Waals surface area contributed by atoms with Gasteiger partial charge in [-0.1, -0.05) is 23.7 Å². The van der Waals surface area contributed by atoms with Gasteiger partial charge in [0.2, 0.25) is 10.0 Å². The number of nitrogens with one attached hydrogen (secondary N) is 1. The molecular weight excluding hydrogens is 414 g/mol. The quantitative estimate of drug-likeness (QED) is 0.729. The topological polar surface area (TPSA) is 86.8 Å². The largest absolute Gasteiger partial charge is 0.322 e. The summed E-state index contributed by atoms with van der Waals surface area (Å²) < 4.78 is 27.4. The Morgan fingerprint density at radius 2 is 1.69 bits per heavy atom. The van der Waals surface area contributed by atoms with Crippen LogP contribution >= 0.6 is 11.6 Å². The number of ketones is 1. The van der Waals surface area contributed by atoms with Crippen molar-refractivity contribution >= 4 is 39.0 Å². The van der Waals surface area contributed by atoms with Gasteiger partial charge in [0.05, 0.1) is 5.02 Å². The van der Waals surface area contributed by atoms with E-state index in [9.17, 15) is 18.0 Å². The van der Waals surface area contributed by atoms with Crippen LogP contribution in [0, 0.1) is 0 Å². The summed E-state index contributed by atoms with van der Waals surface area (Å²) in [7, 11) is -1.88. The van der Waals surface area contributed by atoms with Gasteiger partial charge in [-0.15, -0.1) is 0 Å². The first-order chi connectivity index (χ1) is 13.7. The van der Waals surface area contributed by atoms with Crippen molar-refractivity contribution in [3.05, 3.63) is 58.6 Å². The van der Waals surface area contributed by atoms with Gasteiger partial charge < -0.3 is 10.2 Å². The number of sulfonamides is 1. The van der Waals surface area contributed by atoms with Crippen molar-refractivity contribution in [1.29, 1.82) is 0 Å². The van der Waals surface area contributed by atoms with Crippen LogP contribution < -0.4 is 5.32 Å². The van der Waals surface area contributed by atoms with E-state index in [2.05, 4.69) is 5.32 Å². The maximum absolute atomic E-state index is 13.0. The van der Waals surface area contributed by atoms with Crippen molar-refractivity contribution in [2.75, 3.05) is 38.5 Å². The average Bonchev–Trinajstić information content (AvgIpc) is 2.68. The van der Waals surface area contributed by atoms with E-state index in [-0.39, 0.29) is 21.3 Å². The summed E-state index contributed by atoms with van der Waals surface area (Å²) in [5.41, 5.74) is 1.08. The van der Waals surface area contributed by atoms with Gasteiger partial charge in [-0.3, -0.25) is 9.59 Å². The average molecular weight is 436 g/mol. The predicted octanol–water partition coefficient (Wildman–Crippen LogP) is 2.73. The summed E-state index contributed by atoms with van der Waals surface area (Å²) in [6, 6.07) is 10.7. The molecule has 0 bridgehead atoms. The normalized spacial score (nSPS) is 15.8. The number of rotatable bonds is 5. The number of nitrogens with zero attached hydrogens (tertiary/aromatic N) is 2. The lowest BCUT2D eigenvalue weighted by molar-refractivity contribution is 0.101. The van der Waals surface area contributed by atoms with E-state index in [0.717, 1.165) is 0 Å². The van der Waals surface area contributed by atoms with E-state index in [0.29, 0.717) is 37.4 Å². The van der Waals surface area contributed by atoms with Crippen LogP contribution in [0.3, 0.4) is 0 Å². The van der Waals surface area contributed by atoms with Crippen molar-refractivity contribution < 1.29 is 18.0 Å². The molecule has 1 aliphatic rings. The van der Waals surface area contributed by atoms with Gasteiger partial charge in [-0.05, 0) is 44.3 Å². The summed E-state index contributed by atoms with van der Waals surface area (Å²) >= 11 is 6.16. The molecule has 154 valence electrons. The maximum Gasteiger partial charge on any atom is 0.255 e. The molecule has 9 heteroatoms. The minimum absolute atomic E-state index is 0.0686. The van der Waals surface area contributed by atoms with Crippen molar-refractivity contribution in [1.82, 2.24) is 9.21 Å². The zero-order chi connectivity index (χ0) is 21.2. The van der Waals surface area contributed by atoms with Crippen molar-refractivity contribution in [3.8, 4) is 0 Å². The van der Waals surface area contributed by atoms with Crippen LogP contribution in [-0.2, 0) is 10.0 Å². The Labute approximate surface area is 175 Å². The third-order valence-electron chi connectivity index (χ3n) is 4.80. The van der Waals surface area contributed by atoms with Crippen LogP contribution in [0.15, 0.2) is 47.4 Å². The number of amides is 1. The monoisotopic (exact) mass is 435 g/mol. The number of hydrogen-bond donors (Lipinski definition) is 1. The highest BCUT2D eigenvalue weighted by Gasteiger charge is 2.30. The van der Waals surface area contributed by atoms with Crippen LogP contribution in [0.2, 0.25) is 5.02 Å². The number of carbonyl (C=O) groups excluding carboxylic acids is 2. The fourth-order valence-corrected chi connectivity index (χ4v) is 4.95. The molecule has 7 nitrogen and oxygen atoms in total. The molecule has 0 unspecified atom stereocenters. The fraction of sp³-hybridized carbons (Fsp3) is 0.300. The molecule has 1 heterocycles. The summed E-state index contributed by atoms with van der Waals surface area (Å²) in [5, 5.41) is 2.76. The summed E-state index contributed by atoms with van der Waals surface area (Å²) in [4.78, 5) is 26.1. The Morgan fingerprint density at radius 1 is 1.00 bits per heavy atom. The second-order valence-corrected chi connectivity index (χ2v) is 9.26. The van der Waals surface area contributed by atoms with Gasteiger partial charge in [0.15, 0.2) is 5.78 Å². The third-order valence-corrected chi connectivity index (χ3v) is 7.18. The zero-order valence-corrected chi connectivity index (χ0v) is 17.8. The minimum atomic E-state index is -3.81. The number of hydrogen-bond acceptors (Lipinski definition) is 5. The Kier molecular flexibility index (Phi) is 6.38. The molecule has 0 saturated carbocycles. The van der Waals surface area contributed by atoms with Crippen LogP contribution in [0.1, 0.15) is 27.6 Å². The van der Waals surface area contributed by atoms with E-state index >= 15 is 0 Å². The highest BCUT2D eigenvalue weighted by Crippen LogP contribution is 2.27. The Hall–Kier alpha value is -2.26. The number of Topliss-reactive ketones (excluding diaryl/α,β-unsaturated/α-hetero) is 1. The highest BCUT2D eigenvalue weighted by atomic mass is 35.5. The Balaban J connectivity index is 1.86. The summed E-state index contributed by atoms with van der Waals surface area (Å²) in [5.74, 6) is -0.606. The number of halogens is 1. The lowest BCUT2D eigenvalue weighted by Crippen LogP contribution is -2.47. The van der Waals surface area contributed by atoms with Gasteiger partial charge in [-0.25, -0.2) is 8.42 Å². The van der Waals surface area contributed by atoms with E-state index < -0.39 is 15.9 Å². The molecule has 1 amide bonds. The third kappa shape index (κ3) is 4.84. The highest BCUT2D eigenvalue weighted by molar-refractivity contribution is 7.89. The molecule has 0 atom stereocenters. The van der Waals surface area contributed by atoms with Gasteiger partial charge in [0, 0.05) is 43.0 Å². The molecule has 0 aromatic heterocycles. The standard InChI is InChI=1S/C20H22ClN3O4S/c1-14(25)15-4-3-5-17(12-15)22-20(26)16-6-7-18(21)19(13-16)29(27,28)24-10-8-23(2)9-11-24/h3-7,12-13H,8-11H2,1-2H3,(H,22,26). The number of anilines is 1. The lowest BCUT2D eigenvalue weighted by Gasteiger charge is -2.31. The molecule has 1 fully saturated rings. The first-order valence-corrected chi connectivity index (χ1v) is 10.9. The lowest BCUT2D eigenvalue weighted by atomic mass is 10.1. The number of benzene rings is 2. The number of carbonyl (C=O) groups is 2. The first kappa shape index (κ1) is 21.4. The summed E-state index contributed by atoms with van der Waals surface area (Å²) in [6.45, 7) is 3.43. The van der Waals surface area contributed by atoms with E-state index in [1.807, 2.05) is 11.9 Å². The number of piperazine rings is 1. The van der Waals surface area contributed by atoms with Crippen molar-refractivity contribution in [2.24, 2.45) is 0 Å². The molecule has 0 aliphatic carbocycles. The minimum Gasteiger partial charge on any atom is -0.322 e. The van der Waals surface area contributed by atoms with Crippen molar-refractivity contribution in [2.45, 2.75) is 11.8 Å². The molecule has 0 spiro atoms. The molecule has 2 aromatic rings. The second kappa shape index (κ2) is 8.62. The van der Waals surface area contributed by atoms with Crippen LogP contribution in [0.25, 0.3) is 0 Å². The molecule has 3 rings (SSSR count). The van der Waals surface area contributed by atoms with E-state index in [1.165, 1.54) is 29.4 Å². The zero-order valence-electron chi connectivity index (χ0n) is 16.2. The SMILES string of the molecule is CC(=O)c1cccc(NC(=O)c2ccc(Cl)c(S(=O)(=O)N3CCN(C)CC3)c2)c1. The number of likely N-dealkylation sites (N-methyl/N-ethyl adjacent to an activating group) is 1.